The number of ether oxygens (including phenoxy) is 1. The molecule has 1 aliphatic rings. The number of rotatable bonds is 7. The van der Waals surface area contributed by atoms with E-state index in [9.17, 15) is 8.42 Å². The molecule has 31 heavy (non-hydrogen) atoms. The second-order valence-corrected chi connectivity index (χ2v) is 10.3. The van der Waals surface area contributed by atoms with E-state index in [4.69, 9.17) is 4.74 Å². The maximum Gasteiger partial charge on any atom is 0.178 e. The Morgan fingerprint density at radius 2 is 1.87 bits per heavy atom. The van der Waals surface area contributed by atoms with Crippen LogP contribution in [0.3, 0.4) is 0 Å². The maximum atomic E-state index is 12.4. The third kappa shape index (κ3) is 4.70. The molecule has 3 aromatic rings. The summed E-state index contributed by atoms with van der Waals surface area (Å²) in [6.07, 6.45) is 3.63. The number of aromatic nitrogens is 1. The summed E-state index contributed by atoms with van der Waals surface area (Å²) in [5.74, 6) is 0.730. The number of aromatic amines is 1. The largest absolute Gasteiger partial charge is 0.496 e. The van der Waals surface area contributed by atoms with Crippen LogP contribution >= 0.6 is 0 Å². The molecule has 1 fully saturated rings. The van der Waals surface area contributed by atoms with Crippen molar-refractivity contribution in [1.29, 1.82) is 0 Å². The van der Waals surface area contributed by atoms with Gasteiger partial charge in [0, 0.05) is 29.5 Å². The highest BCUT2D eigenvalue weighted by Gasteiger charge is 2.24. The Bertz CT molecular complexity index is 1120. The first kappa shape index (κ1) is 21.7. The van der Waals surface area contributed by atoms with Crippen LogP contribution in [-0.4, -0.2) is 37.7 Å². The van der Waals surface area contributed by atoms with Gasteiger partial charge < -0.3 is 9.72 Å². The van der Waals surface area contributed by atoms with E-state index in [0.717, 1.165) is 30.0 Å². The highest BCUT2D eigenvalue weighted by molar-refractivity contribution is 7.91. The van der Waals surface area contributed by atoms with Gasteiger partial charge >= 0.3 is 0 Å². The van der Waals surface area contributed by atoms with Crippen molar-refractivity contribution in [2.75, 3.05) is 19.4 Å². The lowest BCUT2D eigenvalue weighted by Crippen LogP contribution is -2.33. The van der Waals surface area contributed by atoms with Crippen molar-refractivity contribution < 1.29 is 13.2 Å². The Morgan fingerprint density at radius 1 is 1.06 bits per heavy atom. The van der Waals surface area contributed by atoms with Crippen molar-refractivity contribution in [2.24, 2.45) is 0 Å². The van der Waals surface area contributed by atoms with E-state index >= 15 is 0 Å². The molecule has 0 unspecified atom stereocenters. The van der Waals surface area contributed by atoms with Crippen LogP contribution in [0.5, 0.6) is 5.75 Å². The lowest BCUT2D eigenvalue weighted by molar-refractivity contribution is 0.139. The van der Waals surface area contributed by atoms with Crippen molar-refractivity contribution in [3.05, 3.63) is 71.9 Å². The Labute approximate surface area is 185 Å². The summed E-state index contributed by atoms with van der Waals surface area (Å²) < 4.78 is 30.2. The average Bonchev–Trinajstić information content (AvgIpc) is 3.28. The van der Waals surface area contributed by atoms with Crippen LogP contribution in [0.1, 0.15) is 43.5 Å². The van der Waals surface area contributed by atoms with Gasteiger partial charge in [0.15, 0.2) is 9.84 Å². The van der Waals surface area contributed by atoms with E-state index in [1.807, 2.05) is 6.07 Å². The summed E-state index contributed by atoms with van der Waals surface area (Å²) in [6, 6.07) is 20.3. The molecule has 1 aromatic heterocycles. The van der Waals surface area contributed by atoms with Gasteiger partial charge in [-0.2, -0.15) is 0 Å². The molecule has 0 amide bonds. The zero-order valence-electron chi connectivity index (χ0n) is 18.2. The van der Waals surface area contributed by atoms with E-state index in [-0.39, 0.29) is 5.75 Å². The molecular formula is C25H30N2O3S. The van der Waals surface area contributed by atoms with Crippen molar-refractivity contribution in [1.82, 2.24) is 9.88 Å². The van der Waals surface area contributed by atoms with E-state index in [0.29, 0.717) is 16.7 Å². The number of piperidine rings is 1. The summed E-state index contributed by atoms with van der Waals surface area (Å²) in [7, 11) is -1.68. The van der Waals surface area contributed by atoms with E-state index in [1.54, 1.807) is 32.2 Å². The van der Waals surface area contributed by atoms with Crippen LogP contribution in [0.4, 0.5) is 0 Å². The number of H-pyrrole nitrogens is 1. The normalized spacial score (nSPS) is 17.5. The molecule has 1 saturated heterocycles. The number of methoxy groups -OCH3 is 1. The molecule has 1 aliphatic heterocycles. The third-order valence-corrected chi connectivity index (χ3v) is 7.85. The average molecular weight is 439 g/mol. The van der Waals surface area contributed by atoms with Crippen LogP contribution < -0.4 is 4.74 Å². The topological polar surface area (TPSA) is 62.4 Å². The Kier molecular flexibility index (Phi) is 6.49. The van der Waals surface area contributed by atoms with E-state index in [1.165, 1.54) is 24.8 Å². The monoisotopic (exact) mass is 438 g/mol. The van der Waals surface area contributed by atoms with Gasteiger partial charge in [0.25, 0.3) is 0 Å². The lowest BCUT2D eigenvalue weighted by Gasteiger charge is -2.35. The fourth-order valence-corrected chi connectivity index (χ4v) is 5.31. The Balaban J connectivity index is 1.60. The van der Waals surface area contributed by atoms with Crippen molar-refractivity contribution in [3.63, 3.8) is 0 Å². The maximum absolute atomic E-state index is 12.4. The van der Waals surface area contributed by atoms with Gasteiger partial charge in [-0.05, 0) is 55.3 Å². The summed E-state index contributed by atoms with van der Waals surface area (Å²) >= 11 is 0. The predicted molar refractivity (Wildman–Crippen MR) is 124 cm³/mol. The molecule has 0 radical (unpaired) electrons. The minimum atomic E-state index is -3.29. The van der Waals surface area contributed by atoms with Gasteiger partial charge in [0.2, 0.25) is 0 Å². The molecule has 4 rings (SSSR count). The molecule has 1 atom stereocenters. The molecule has 0 saturated carbocycles. The number of sulfone groups is 1. The van der Waals surface area contributed by atoms with Crippen molar-refractivity contribution in [3.8, 4) is 17.0 Å². The second kappa shape index (κ2) is 9.28. The highest BCUT2D eigenvalue weighted by Crippen LogP contribution is 2.34. The molecule has 0 spiro atoms. The minimum Gasteiger partial charge on any atom is -0.496 e. The van der Waals surface area contributed by atoms with Crippen LogP contribution in [0.15, 0.2) is 65.6 Å². The Hall–Kier alpha value is -2.57. The van der Waals surface area contributed by atoms with Crippen LogP contribution in [0, 0.1) is 0 Å². The summed E-state index contributed by atoms with van der Waals surface area (Å²) in [4.78, 5) is 6.36. The molecule has 6 heteroatoms. The first-order valence-electron chi connectivity index (χ1n) is 10.9. The second-order valence-electron chi connectivity index (χ2n) is 8.06. The predicted octanol–water partition coefficient (Wildman–Crippen LogP) is 5.21. The number of benzene rings is 2. The van der Waals surface area contributed by atoms with Gasteiger partial charge in [0.1, 0.15) is 5.75 Å². The van der Waals surface area contributed by atoms with Gasteiger partial charge in [0.05, 0.1) is 17.8 Å². The fourth-order valence-electron chi connectivity index (χ4n) is 4.40. The summed E-state index contributed by atoms with van der Waals surface area (Å²) in [5.41, 5.74) is 4.12. The first-order chi connectivity index (χ1) is 15.0. The Morgan fingerprint density at radius 3 is 2.61 bits per heavy atom. The summed E-state index contributed by atoms with van der Waals surface area (Å²) in [6.45, 7) is 3.56. The van der Waals surface area contributed by atoms with E-state index in [2.05, 4.69) is 46.3 Å². The molecule has 2 heterocycles. The van der Waals surface area contributed by atoms with Gasteiger partial charge in [-0.3, -0.25) is 4.90 Å². The van der Waals surface area contributed by atoms with Gasteiger partial charge in [-0.1, -0.05) is 43.7 Å². The lowest BCUT2D eigenvalue weighted by atomic mass is 9.95. The number of nitrogens with one attached hydrogen (secondary N) is 1. The van der Waals surface area contributed by atoms with Crippen molar-refractivity contribution >= 4 is 9.84 Å². The van der Waals surface area contributed by atoms with Crippen LogP contribution in [-0.2, 0) is 16.4 Å². The number of hydrogen-bond acceptors (Lipinski definition) is 4. The molecule has 164 valence electrons. The number of likely N-dealkylation sites (tertiary alicyclic amines) is 1. The van der Waals surface area contributed by atoms with Crippen LogP contribution in [0.2, 0.25) is 0 Å². The molecule has 1 N–H and O–H groups in total. The van der Waals surface area contributed by atoms with Crippen molar-refractivity contribution in [2.45, 2.75) is 43.7 Å². The molecule has 2 aromatic carbocycles. The molecular weight excluding hydrogens is 408 g/mol. The molecule has 0 aliphatic carbocycles. The fraction of sp³-hybridized carbons (Fsp3) is 0.360. The molecule has 0 bridgehead atoms. The number of nitrogens with zero attached hydrogens (tertiary/aromatic N) is 1. The zero-order valence-corrected chi connectivity index (χ0v) is 19.0. The number of hydrogen-bond donors (Lipinski definition) is 1. The van der Waals surface area contributed by atoms with Crippen LogP contribution in [0.25, 0.3) is 11.3 Å². The van der Waals surface area contributed by atoms with Gasteiger partial charge in [-0.15, -0.1) is 0 Å². The zero-order chi connectivity index (χ0) is 21.8. The highest BCUT2D eigenvalue weighted by atomic mass is 32.2. The minimum absolute atomic E-state index is 0.0740. The third-order valence-electron chi connectivity index (χ3n) is 6.12. The molecule has 5 nitrogen and oxygen atoms in total. The van der Waals surface area contributed by atoms with Gasteiger partial charge in [-0.25, -0.2) is 8.42 Å². The smallest absolute Gasteiger partial charge is 0.178 e. The summed E-state index contributed by atoms with van der Waals surface area (Å²) in [5, 5.41) is 0. The first-order valence-corrected chi connectivity index (χ1v) is 12.5. The van der Waals surface area contributed by atoms with E-state index < -0.39 is 9.84 Å². The SMILES string of the molecule is CCS(=O)(=O)c1ccc(OC)c(-c2ccc(CN3CCCC[C@@H]3c3ccccc3)[nH]2)c1. The quantitative estimate of drug-likeness (QED) is 0.550. The standard InChI is InChI=1S/C25H30N2O3S/c1-3-31(28,29)21-13-15-25(30-2)22(17-21)23-14-12-20(26-23)18-27-16-8-7-11-24(27)19-9-5-4-6-10-19/h4-6,9-10,12-15,17,24,26H,3,7-8,11,16,18H2,1-2H3/t24-/m1/s1.